The number of hydrogen-bond acceptors (Lipinski definition) is 3. The van der Waals surface area contributed by atoms with E-state index in [-0.39, 0.29) is 10.9 Å². The largest absolute Gasteiger partial charge is 0.244 e. The molecule has 0 radical (unpaired) electrons. The molecule has 0 fully saturated rings. The average molecular weight is 364 g/mol. The average Bonchev–Trinajstić information content (AvgIpc) is 2.95. The normalized spacial score (nSPS) is 13.6. The molecule has 2 rings (SSSR count). The molecule has 7 heteroatoms. The predicted octanol–water partition coefficient (Wildman–Crippen LogP) is 4.52. The van der Waals surface area contributed by atoms with E-state index < -0.39 is 10.0 Å². The number of alkyl halides is 1. The fourth-order valence-electron chi connectivity index (χ4n) is 1.92. The van der Waals surface area contributed by atoms with Crippen LogP contribution in [0.1, 0.15) is 23.4 Å². The van der Waals surface area contributed by atoms with E-state index in [0.29, 0.717) is 10.9 Å². The van der Waals surface area contributed by atoms with Gasteiger partial charge in [-0.25, -0.2) is 8.42 Å². The molecule has 0 amide bonds. The van der Waals surface area contributed by atoms with E-state index in [1.807, 2.05) is 19.1 Å². The molecule has 0 spiro atoms. The maximum atomic E-state index is 12.6. The molecule has 114 valence electrons. The molecular formula is C14H15Cl2NO2S2. The summed E-state index contributed by atoms with van der Waals surface area (Å²) in [5.74, 6) is 0.313. The van der Waals surface area contributed by atoms with Gasteiger partial charge in [0.15, 0.2) is 0 Å². The van der Waals surface area contributed by atoms with Gasteiger partial charge < -0.3 is 0 Å². The molecule has 1 atom stereocenters. The monoisotopic (exact) mass is 363 g/mol. The molecule has 1 unspecified atom stereocenters. The zero-order valence-electron chi connectivity index (χ0n) is 11.6. The van der Waals surface area contributed by atoms with Crippen LogP contribution in [-0.2, 0) is 15.9 Å². The van der Waals surface area contributed by atoms with Gasteiger partial charge in [0.1, 0.15) is 0 Å². The van der Waals surface area contributed by atoms with Gasteiger partial charge in [-0.1, -0.05) is 23.7 Å². The first kappa shape index (κ1) is 16.8. The van der Waals surface area contributed by atoms with Gasteiger partial charge in [0, 0.05) is 28.4 Å². The third-order valence-electron chi connectivity index (χ3n) is 3.31. The van der Waals surface area contributed by atoms with E-state index in [0.717, 1.165) is 10.4 Å². The van der Waals surface area contributed by atoms with E-state index in [1.165, 1.54) is 15.6 Å². The fourth-order valence-corrected chi connectivity index (χ4v) is 4.84. The van der Waals surface area contributed by atoms with Crippen molar-refractivity contribution in [2.75, 3.05) is 7.05 Å². The first-order valence-corrected chi connectivity index (χ1v) is 9.46. The predicted molar refractivity (Wildman–Crippen MR) is 88.7 cm³/mol. The summed E-state index contributed by atoms with van der Waals surface area (Å²) in [5.41, 5.74) is 0.848. The third kappa shape index (κ3) is 3.60. The molecule has 1 aromatic carbocycles. The van der Waals surface area contributed by atoms with Crippen molar-refractivity contribution in [1.29, 1.82) is 0 Å². The number of halogens is 2. The summed E-state index contributed by atoms with van der Waals surface area (Å²) in [7, 11) is -1.98. The van der Waals surface area contributed by atoms with E-state index in [1.54, 1.807) is 30.6 Å². The van der Waals surface area contributed by atoms with Crippen LogP contribution in [0.3, 0.4) is 0 Å². The molecule has 0 aliphatic rings. The number of sulfonamides is 1. The minimum Gasteiger partial charge on any atom is -0.207 e. The van der Waals surface area contributed by atoms with Gasteiger partial charge in [0.25, 0.3) is 0 Å². The Morgan fingerprint density at radius 1 is 1.33 bits per heavy atom. The van der Waals surface area contributed by atoms with Crippen LogP contribution in [0, 0.1) is 0 Å². The number of thiophene rings is 1. The molecule has 0 bridgehead atoms. The first-order chi connectivity index (χ1) is 9.86. The number of rotatable bonds is 5. The molecular weight excluding hydrogens is 349 g/mol. The van der Waals surface area contributed by atoms with Crippen LogP contribution in [0.25, 0.3) is 0 Å². The van der Waals surface area contributed by atoms with Crippen LogP contribution in [0.4, 0.5) is 0 Å². The molecule has 1 aromatic heterocycles. The first-order valence-electron chi connectivity index (χ1n) is 6.23. The van der Waals surface area contributed by atoms with Crippen molar-refractivity contribution in [3.8, 4) is 0 Å². The summed E-state index contributed by atoms with van der Waals surface area (Å²) >= 11 is 13.0. The van der Waals surface area contributed by atoms with E-state index >= 15 is 0 Å². The van der Waals surface area contributed by atoms with Crippen LogP contribution in [0.2, 0.25) is 5.02 Å². The van der Waals surface area contributed by atoms with Crippen molar-refractivity contribution in [2.45, 2.75) is 23.7 Å². The summed E-state index contributed by atoms with van der Waals surface area (Å²) < 4.78 is 26.6. The Labute approximate surface area is 139 Å². The lowest BCUT2D eigenvalue weighted by molar-refractivity contribution is 0.398. The van der Waals surface area contributed by atoms with Gasteiger partial charge in [-0.2, -0.15) is 4.31 Å². The Bertz CT molecular complexity index is 728. The maximum Gasteiger partial charge on any atom is 0.244 e. The standard InChI is InChI=1S/C14H15Cl2NO2S2/c1-10(11-4-3-5-12(16)6-11)17(2)21(18,19)14-7-13(8-15)20-9-14/h3-7,9-10H,8H2,1-2H3. The molecule has 0 saturated carbocycles. The third-order valence-corrected chi connectivity index (χ3v) is 6.99. The Hall–Kier alpha value is -0.590. The minimum atomic E-state index is -3.55. The van der Waals surface area contributed by atoms with Crippen LogP contribution in [0.5, 0.6) is 0 Å². The van der Waals surface area contributed by atoms with Gasteiger partial charge in [-0.15, -0.1) is 22.9 Å². The highest BCUT2D eigenvalue weighted by Gasteiger charge is 2.27. The molecule has 21 heavy (non-hydrogen) atoms. The van der Waals surface area contributed by atoms with Gasteiger partial charge in [-0.3, -0.25) is 0 Å². The lowest BCUT2D eigenvalue weighted by Gasteiger charge is -2.24. The molecule has 0 N–H and O–H groups in total. The maximum absolute atomic E-state index is 12.6. The van der Waals surface area contributed by atoms with Crippen molar-refractivity contribution >= 4 is 44.6 Å². The van der Waals surface area contributed by atoms with Crippen molar-refractivity contribution in [3.05, 3.63) is 51.2 Å². The fraction of sp³-hybridized carbons (Fsp3) is 0.286. The zero-order valence-corrected chi connectivity index (χ0v) is 14.7. The molecule has 2 aromatic rings. The minimum absolute atomic E-state index is 0.277. The smallest absolute Gasteiger partial charge is 0.207 e. The van der Waals surface area contributed by atoms with Crippen LogP contribution < -0.4 is 0 Å². The van der Waals surface area contributed by atoms with Gasteiger partial charge >= 0.3 is 0 Å². The second-order valence-electron chi connectivity index (χ2n) is 4.63. The summed E-state index contributed by atoms with van der Waals surface area (Å²) in [6, 6.07) is 8.51. The lowest BCUT2D eigenvalue weighted by Crippen LogP contribution is -2.29. The highest BCUT2D eigenvalue weighted by Crippen LogP contribution is 2.29. The van der Waals surface area contributed by atoms with Crippen LogP contribution in [-0.4, -0.2) is 19.8 Å². The summed E-state index contributed by atoms with van der Waals surface area (Å²) in [6.45, 7) is 1.83. The number of hydrogen-bond donors (Lipinski definition) is 0. The van der Waals surface area contributed by atoms with Crippen molar-refractivity contribution in [1.82, 2.24) is 4.31 Å². The van der Waals surface area contributed by atoms with Crippen molar-refractivity contribution < 1.29 is 8.42 Å². The second kappa shape index (κ2) is 6.67. The number of benzene rings is 1. The van der Waals surface area contributed by atoms with Crippen molar-refractivity contribution in [2.24, 2.45) is 0 Å². The Kier molecular flexibility index (Phi) is 5.33. The van der Waals surface area contributed by atoms with Crippen LogP contribution >= 0.6 is 34.5 Å². The summed E-state index contributed by atoms with van der Waals surface area (Å²) in [6.07, 6.45) is 0. The van der Waals surface area contributed by atoms with E-state index in [9.17, 15) is 8.42 Å². The summed E-state index contributed by atoms with van der Waals surface area (Å²) in [4.78, 5) is 1.11. The topological polar surface area (TPSA) is 37.4 Å². The molecule has 1 heterocycles. The Morgan fingerprint density at radius 2 is 2.05 bits per heavy atom. The van der Waals surface area contributed by atoms with Crippen molar-refractivity contribution in [3.63, 3.8) is 0 Å². The molecule has 0 aliphatic carbocycles. The highest BCUT2D eigenvalue weighted by molar-refractivity contribution is 7.89. The Balaban J connectivity index is 2.31. The van der Waals surface area contributed by atoms with Gasteiger partial charge in [0.05, 0.1) is 10.8 Å². The number of nitrogens with zero attached hydrogens (tertiary/aromatic N) is 1. The lowest BCUT2D eigenvalue weighted by atomic mass is 10.1. The molecule has 3 nitrogen and oxygen atoms in total. The highest BCUT2D eigenvalue weighted by atomic mass is 35.5. The zero-order chi connectivity index (χ0) is 15.6. The molecule has 0 saturated heterocycles. The molecule has 0 aliphatic heterocycles. The van der Waals surface area contributed by atoms with Gasteiger partial charge in [0.2, 0.25) is 10.0 Å². The Morgan fingerprint density at radius 3 is 2.62 bits per heavy atom. The SMILES string of the molecule is CC(c1cccc(Cl)c1)N(C)S(=O)(=O)c1csc(CCl)c1. The summed E-state index contributed by atoms with van der Waals surface area (Å²) in [5, 5.41) is 2.21. The van der Waals surface area contributed by atoms with E-state index in [2.05, 4.69) is 0 Å². The quantitative estimate of drug-likeness (QED) is 0.732. The second-order valence-corrected chi connectivity index (χ2v) is 8.33. The van der Waals surface area contributed by atoms with E-state index in [4.69, 9.17) is 23.2 Å². The van der Waals surface area contributed by atoms with Crippen LogP contribution in [0.15, 0.2) is 40.6 Å². The van der Waals surface area contributed by atoms with Gasteiger partial charge in [-0.05, 0) is 30.7 Å².